The molecule has 2 aromatic rings. The summed E-state index contributed by atoms with van der Waals surface area (Å²) in [6.45, 7) is 3.01. The number of imidazole rings is 1. The molecule has 3 nitrogen and oxygen atoms in total. The summed E-state index contributed by atoms with van der Waals surface area (Å²) < 4.78 is 2.28. The van der Waals surface area contributed by atoms with E-state index in [-0.39, 0.29) is 0 Å². The zero-order valence-electron chi connectivity index (χ0n) is 9.83. The van der Waals surface area contributed by atoms with Crippen molar-refractivity contribution >= 4 is 5.52 Å². The fraction of sp³-hybridized carbons (Fsp3) is 0.462. The Labute approximate surface area is 95.5 Å². The van der Waals surface area contributed by atoms with Crippen molar-refractivity contribution in [2.75, 3.05) is 7.05 Å². The summed E-state index contributed by atoms with van der Waals surface area (Å²) in [6.07, 6.45) is 4.82. The lowest BCUT2D eigenvalue weighted by molar-refractivity contribution is 0.805. The summed E-state index contributed by atoms with van der Waals surface area (Å²) >= 11 is 0. The molecular formula is C13H17N3. The van der Waals surface area contributed by atoms with Gasteiger partial charge in [-0.25, -0.2) is 4.98 Å². The predicted molar refractivity (Wildman–Crippen MR) is 64.7 cm³/mol. The molecule has 1 N–H and O–H groups in total. The van der Waals surface area contributed by atoms with Gasteiger partial charge in [-0.2, -0.15) is 0 Å². The number of nitrogens with zero attached hydrogens (tertiary/aromatic N) is 2. The lowest BCUT2D eigenvalue weighted by Crippen LogP contribution is -2.06. The van der Waals surface area contributed by atoms with Crippen molar-refractivity contribution in [3.8, 4) is 0 Å². The van der Waals surface area contributed by atoms with E-state index in [0.717, 1.165) is 12.2 Å². The Morgan fingerprint density at radius 2 is 2.25 bits per heavy atom. The number of aromatic nitrogens is 2. The standard InChI is InChI=1S/C13H17N3/c1-9-12-6-3-10(7-14-2)8-16(12)13(15-9)11-4-5-11/h3,6,8,11,14H,4-5,7H2,1-2H3. The van der Waals surface area contributed by atoms with Gasteiger partial charge in [-0.05, 0) is 38.4 Å². The Kier molecular flexibility index (Phi) is 2.21. The second-order valence-electron chi connectivity index (χ2n) is 4.65. The molecule has 3 heteroatoms. The number of fused-ring (bicyclic) bond motifs is 1. The number of rotatable bonds is 3. The third-order valence-corrected chi connectivity index (χ3v) is 3.23. The molecule has 1 aliphatic rings. The molecule has 2 aromatic heterocycles. The predicted octanol–water partition coefficient (Wildman–Crippen LogP) is 2.24. The van der Waals surface area contributed by atoms with Gasteiger partial charge in [0.2, 0.25) is 0 Å². The Hall–Kier alpha value is -1.35. The third kappa shape index (κ3) is 1.52. The summed E-state index contributed by atoms with van der Waals surface area (Å²) in [6, 6.07) is 4.36. The normalized spacial score (nSPS) is 15.9. The van der Waals surface area contributed by atoms with Gasteiger partial charge in [0.15, 0.2) is 0 Å². The fourth-order valence-electron chi connectivity index (χ4n) is 2.25. The Morgan fingerprint density at radius 3 is 2.94 bits per heavy atom. The van der Waals surface area contributed by atoms with Crippen LogP contribution in [0.4, 0.5) is 0 Å². The van der Waals surface area contributed by atoms with Crippen LogP contribution in [0.25, 0.3) is 5.52 Å². The van der Waals surface area contributed by atoms with E-state index in [9.17, 15) is 0 Å². The Morgan fingerprint density at radius 1 is 1.44 bits per heavy atom. The lowest BCUT2D eigenvalue weighted by Gasteiger charge is -2.04. The van der Waals surface area contributed by atoms with Gasteiger partial charge in [0.1, 0.15) is 5.82 Å². The minimum Gasteiger partial charge on any atom is -0.316 e. The van der Waals surface area contributed by atoms with Crippen LogP contribution in [0.5, 0.6) is 0 Å². The quantitative estimate of drug-likeness (QED) is 0.850. The molecule has 1 aliphatic carbocycles. The minimum atomic E-state index is 0.700. The van der Waals surface area contributed by atoms with Gasteiger partial charge >= 0.3 is 0 Å². The first-order chi connectivity index (χ1) is 7.79. The molecule has 2 heterocycles. The molecule has 1 fully saturated rings. The van der Waals surface area contributed by atoms with Gasteiger partial charge in [0.25, 0.3) is 0 Å². The van der Waals surface area contributed by atoms with Gasteiger partial charge in [0.05, 0.1) is 11.2 Å². The third-order valence-electron chi connectivity index (χ3n) is 3.23. The highest BCUT2D eigenvalue weighted by atomic mass is 15.0. The highest BCUT2D eigenvalue weighted by molar-refractivity contribution is 5.54. The summed E-state index contributed by atoms with van der Waals surface area (Å²) in [5.41, 5.74) is 3.72. The van der Waals surface area contributed by atoms with Gasteiger partial charge < -0.3 is 9.72 Å². The van der Waals surface area contributed by atoms with E-state index in [0.29, 0.717) is 5.92 Å². The second-order valence-corrected chi connectivity index (χ2v) is 4.65. The van der Waals surface area contributed by atoms with E-state index in [1.807, 2.05) is 7.05 Å². The highest BCUT2D eigenvalue weighted by Gasteiger charge is 2.28. The maximum Gasteiger partial charge on any atom is 0.116 e. The molecule has 16 heavy (non-hydrogen) atoms. The fourth-order valence-corrected chi connectivity index (χ4v) is 2.25. The number of hydrogen-bond donors (Lipinski definition) is 1. The van der Waals surface area contributed by atoms with E-state index < -0.39 is 0 Å². The minimum absolute atomic E-state index is 0.700. The Bertz CT molecular complexity index is 523. The van der Waals surface area contributed by atoms with Crippen molar-refractivity contribution < 1.29 is 0 Å². The zero-order valence-corrected chi connectivity index (χ0v) is 9.83. The number of hydrogen-bond acceptors (Lipinski definition) is 2. The molecule has 0 atom stereocenters. The van der Waals surface area contributed by atoms with Crippen molar-refractivity contribution in [1.29, 1.82) is 0 Å². The van der Waals surface area contributed by atoms with Crippen molar-refractivity contribution in [3.63, 3.8) is 0 Å². The lowest BCUT2D eigenvalue weighted by atomic mass is 10.2. The second kappa shape index (κ2) is 3.59. The molecule has 0 saturated heterocycles. The van der Waals surface area contributed by atoms with E-state index in [1.165, 1.54) is 29.7 Å². The molecule has 0 radical (unpaired) electrons. The summed E-state index contributed by atoms with van der Waals surface area (Å²) in [7, 11) is 1.98. The highest BCUT2D eigenvalue weighted by Crippen LogP contribution is 2.39. The monoisotopic (exact) mass is 215 g/mol. The first-order valence-electron chi connectivity index (χ1n) is 5.91. The summed E-state index contributed by atoms with van der Waals surface area (Å²) in [5.74, 6) is 1.96. The van der Waals surface area contributed by atoms with Gasteiger partial charge in [0, 0.05) is 18.7 Å². The van der Waals surface area contributed by atoms with Crippen LogP contribution in [0.1, 0.15) is 35.8 Å². The largest absolute Gasteiger partial charge is 0.316 e. The molecule has 1 saturated carbocycles. The number of aryl methyl sites for hydroxylation is 1. The number of pyridine rings is 1. The maximum atomic E-state index is 4.70. The molecule has 0 amide bonds. The summed E-state index contributed by atoms with van der Waals surface area (Å²) in [5, 5.41) is 3.19. The topological polar surface area (TPSA) is 29.3 Å². The molecule has 0 spiro atoms. The van der Waals surface area contributed by atoms with Crippen LogP contribution in [0.2, 0.25) is 0 Å². The molecule has 0 bridgehead atoms. The summed E-state index contributed by atoms with van der Waals surface area (Å²) in [4.78, 5) is 4.70. The molecule has 0 aromatic carbocycles. The average molecular weight is 215 g/mol. The smallest absolute Gasteiger partial charge is 0.116 e. The van der Waals surface area contributed by atoms with Crippen LogP contribution in [0.3, 0.4) is 0 Å². The SMILES string of the molecule is CNCc1ccc2c(C)nc(C3CC3)n2c1. The molecule has 84 valence electrons. The van der Waals surface area contributed by atoms with Crippen LogP contribution in [0, 0.1) is 6.92 Å². The molecule has 3 rings (SSSR count). The van der Waals surface area contributed by atoms with Crippen LogP contribution in [0.15, 0.2) is 18.3 Å². The Balaban J connectivity index is 2.15. The van der Waals surface area contributed by atoms with Crippen molar-refractivity contribution in [2.24, 2.45) is 0 Å². The van der Waals surface area contributed by atoms with Crippen LogP contribution < -0.4 is 5.32 Å². The molecule has 0 aliphatic heterocycles. The van der Waals surface area contributed by atoms with Crippen LogP contribution in [-0.4, -0.2) is 16.4 Å². The van der Waals surface area contributed by atoms with Gasteiger partial charge in [-0.15, -0.1) is 0 Å². The van der Waals surface area contributed by atoms with Gasteiger partial charge in [-0.3, -0.25) is 0 Å². The van der Waals surface area contributed by atoms with E-state index >= 15 is 0 Å². The van der Waals surface area contributed by atoms with Crippen molar-refractivity contribution in [3.05, 3.63) is 35.4 Å². The van der Waals surface area contributed by atoms with Crippen LogP contribution in [-0.2, 0) is 6.54 Å². The van der Waals surface area contributed by atoms with E-state index in [1.54, 1.807) is 0 Å². The van der Waals surface area contributed by atoms with Crippen molar-refractivity contribution in [2.45, 2.75) is 32.2 Å². The maximum absolute atomic E-state index is 4.70. The first kappa shape index (κ1) is 9.85. The van der Waals surface area contributed by atoms with E-state index in [2.05, 4.69) is 35.0 Å². The van der Waals surface area contributed by atoms with Gasteiger partial charge in [-0.1, -0.05) is 6.07 Å². The molecular weight excluding hydrogens is 198 g/mol. The first-order valence-corrected chi connectivity index (χ1v) is 5.91. The van der Waals surface area contributed by atoms with Crippen molar-refractivity contribution in [1.82, 2.24) is 14.7 Å². The molecule has 0 unspecified atom stereocenters. The van der Waals surface area contributed by atoms with Crippen LogP contribution >= 0.6 is 0 Å². The van der Waals surface area contributed by atoms with E-state index in [4.69, 9.17) is 4.98 Å². The zero-order chi connectivity index (χ0) is 11.1. The number of nitrogens with one attached hydrogen (secondary N) is 1. The average Bonchev–Trinajstić information content (AvgIpc) is 3.06.